The van der Waals surface area contributed by atoms with Crippen molar-refractivity contribution in [2.24, 2.45) is 4.99 Å². The number of guanidine groups is 1. The summed E-state index contributed by atoms with van der Waals surface area (Å²) in [5.74, 6) is 2.75. The number of methoxy groups -OCH3 is 2. The minimum Gasteiger partial charge on any atom is -0.493 e. The number of aryl methyl sites for hydroxylation is 2. The summed E-state index contributed by atoms with van der Waals surface area (Å²) in [6.07, 6.45) is 1.89. The Morgan fingerprint density at radius 1 is 1.03 bits per heavy atom. The molecule has 4 rings (SSSR count). The van der Waals surface area contributed by atoms with Gasteiger partial charge in [-0.05, 0) is 55.2 Å². The van der Waals surface area contributed by atoms with Gasteiger partial charge in [-0.2, -0.15) is 0 Å². The topological polar surface area (TPSA) is 83.9 Å². The summed E-state index contributed by atoms with van der Waals surface area (Å²) in [6.45, 7) is 6.35. The summed E-state index contributed by atoms with van der Waals surface area (Å²) in [7, 11) is 3.30. The van der Waals surface area contributed by atoms with Crippen molar-refractivity contribution in [2.75, 3.05) is 39.4 Å². The number of aliphatic imine (C=N–C) groups is 1. The van der Waals surface area contributed by atoms with Gasteiger partial charge in [0.15, 0.2) is 11.5 Å². The molecule has 0 saturated carbocycles. The first-order valence-electron chi connectivity index (χ1n) is 10.9. The first kappa shape index (κ1) is 21.8. The molecular formula is C24H30N6O2. The molecule has 0 aliphatic carbocycles. The van der Waals surface area contributed by atoms with Crippen molar-refractivity contribution in [3.8, 4) is 11.5 Å². The van der Waals surface area contributed by atoms with Crippen LogP contribution in [-0.4, -0.2) is 54.9 Å². The summed E-state index contributed by atoms with van der Waals surface area (Å²) in [5.41, 5.74) is 4.38. The Hall–Kier alpha value is -3.39. The van der Waals surface area contributed by atoms with Gasteiger partial charge in [-0.15, -0.1) is 0 Å². The van der Waals surface area contributed by atoms with E-state index in [1.807, 2.05) is 19.1 Å². The smallest absolute Gasteiger partial charge is 0.230 e. The van der Waals surface area contributed by atoms with Gasteiger partial charge in [-0.25, -0.2) is 15.0 Å². The molecule has 0 fully saturated rings. The summed E-state index contributed by atoms with van der Waals surface area (Å²) in [6, 6.07) is 12.4. The van der Waals surface area contributed by atoms with E-state index in [1.54, 1.807) is 14.2 Å². The third kappa shape index (κ3) is 4.91. The maximum absolute atomic E-state index is 5.39. The van der Waals surface area contributed by atoms with Crippen molar-refractivity contribution < 1.29 is 9.47 Å². The van der Waals surface area contributed by atoms with Gasteiger partial charge in [-0.3, -0.25) is 10.2 Å². The van der Waals surface area contributed by atoms with Crippen molar-refractivity contribution in [3.05, 3.63) is 53.2 Å². The molecule has 8 nitrogen and oxygen atoms in total. The first-order valence-corrected chi connectivity index (χ1v) is 10.9. The number of fused-ring (bicyclic) bond motifs is 1. The number of anilines is 1. The van der Waals surface area contributed by atoms with E-state index >= 15 is 0 Å². The fourth-order valence-electron chi connectivity index (χ4n) is 3.73. The predicted molar refractivity (Wildman–Crippen MR) is 128 cm³/mol. The number of aromatic nitrogens is 2. The predicted octanol–water partition coefficient (Wildman–Crippen LogP) is 3.35. The van der Waals surface area contributed by atoms with Crippen molar-refractivity contribution in [1.29, 1.82) is 0 Å². The number of ether oxygens (including phenoxy) is 2. The lowest BCUT2D eigenvalue weighted by Crippen LogP contribution is -2.46. The second kappa shape index (κ2) is 9.82. The average Bonchev–Trinajstić information content (AvgIpc) is 2.83. The number of benzene rings is 2. The molecule has 1 aromatic heterocycles. The first-order chi connectivity index (χ1) is 15.6. The van der Waals surface area contributed by atoms with Crippen LogP contribution in [0.1, 0.15) is 23.7 Å². The zero-order valence-electron chi connectivity index (χ0n) is 19.1. The Labute approximate surface area is 188 Å². The molecule has 0 saturated heterocycles. The van der Waals surface area contributed by atoms with Crippen LogP contribution in [-0.2, 0) is 12.8 Å². The van der Waals surface area contributed by atoms with E-state index in [2.05, 4.69) is 61.7 Å². The van der Waals surface area contributed by atoms with E-state index in [9.17, 15) is 0 Å². The molecule has 8 heteroatoms. The standard InChI is InChI=1S/C24H30N6O2/c1-5-17-6-8-20-19(12-17)16(2)27-24(28-20)29-23-25-14-30(15-26-23)11-10-18-7-9-21(31-3)22(13-18)32-4/h6-9,12-13H,5,10-11,14-15H2,1-4H3,(H2,25,26,27,28,29). The van der Waals surface area contributed by atoms with E-state index in [-0.39, 0.29) is 0 Å². The van der Waals surface area contributed by atoms with Crippen molar-refractivity contribution >= 4 is 22.8 Å². The Kier molecular flexibility index (Phi) is 6.70. The quantitative estimate of drug-likeness (QED) is 0.590. The molecule has 0 radical (unpaired) electrons. The second-order valence-corrected chi connectivity index (χ2v) is 7.78. The van der Waals surface area contributed by atoms with Gasteiger partial charge >= 0.3 is 0 Å². The van der Waals surface area contributed by atoms with Gasteiger partial charge in [0.05, 0.1) is 38.8 Å². The largest absolute Gasteiger partial charge is 0.493 e. The van der Waals surface area contributed by atoms with Gasteiger partial charge < -0.3 is 14.8 Å². The van der Waals surface area contributed by atoms with Crippen LogP contribution in [0.3, 0.4) is 0 Å². The third-order valence-corrected chi connectivity index (χ3v) is 5.65. The lowest BCUT2D eigenvalue weighted by Gasteiger charge is -2.27. The SMILES string of the molecule is CCc1ccc2nc(NC3=NCN(CCc4ccc(OC)c(OC)c4)CN3)nc(C)c2c1. The van der Waals surface area contributed by atoms with Gasteiger partial charge in [-0.1, -0.05) is 19.1 Å². The fraction of sp³-hybridized carbons (Fsp3) is 0.375. The number of hydrogen-bond acceptors (Lipinski definition) is 8. The van der Waals surface area contributed by atoms with E-state index in [1.165, 1.54) is 11.1 Å². The molecule has 0 amide bonds. The molecule has 0 atom stereocenters. The van der Waals surface area contributed by atoms with Crippen LogP contribution in [0, 0.1) is 6.92 Å². The van der Waals surface area contributed by atoms with Gasteiger partial charge in [0.1, 0.15) is 0 Å². The fourth-order valence-corrected chi connectivity index (χ4v) is 3.73. The van der Waals surface area contributed by atoms with Crippen LogP contribution < -0.4 is 20.1 Å². The Balaban J connectivity index is 1.35. The summed E-state index contributed by atoms with van der Waals surface area (Å²) >= 11 is 0. The van der Waals surface area contributed by atoms with Gasteiger partial charge in [0.25, 0.3) is 0 Å². The summed E-state index contributed by atoms with van der Waals surface area (Å²) < 4.78 is 10.7. The normalized spacial score (nSPS) is 14.1. The highest BCUT2D eigenvalue weighted by Crippen LogP contribution is 2.27. The highest BCUT2D eigenvalue weighted by atomic mass is 16.5. The van der Waals surface area contributed by atoms with Crippen LogP contribution in [0.5, 0.6) is 11.5 Å². The summed E-state index contributed by atoms with van der Waals surface area (Å²) in [5, 5.41) is 7.64. The van der Waals surface area contributed by atoms with E-state index in [0.29, 0.717) is 25.2 Å². The Morgan fingerprint density at radius 2 is 1.84 bits per heavy atom. The molecule has 2 heterocycles. The van der Waals surface area contributed by atoms with Crippen molar-refractivity contribution in [1.82, 2.24) is 20.2 Å². The third-order valence-electron chi connectivity index (χ3n) is 5.65. The lowest BCUT2D eigenvalue weighted by molar-refractivity contribution is 0.268. The molecule has 0 unspecified atom stereocenters. The molecule has 3 aromatic rings. The zero-order valence-corrected chi connectivity index (χ0v) is 19.1. The minimum absolute atomic E-state index is 0.560. The monoisotopic (exact) mass is 434 g/mol. The number of hydrogen-bond donors (Lipinski definition) is 2. The van der Waals surface area contributed by atoms with E-state index in [0.717, 1.165) is 47.5 Å². The number of nitrogens with zero attached hydrogens (tertiary/aromatic N) is 4. The Bertz CT molecular complexity index is 1130. The molecule has 32 heavy (non-hydrogen) atoms. The number of rotatable bonds is 7. The zero-order chi connectivity index (χ0) is 22.5. The van der Waals surface area contributed by atoms with Crippen molar-refractivity contribution in [2.45, 2.75) is 26.7 Å². The van der Waals surface area contributed by atoms with Gasteiger partial charge in [0.2, 0.25) is 11.9 Å². The maximum Gasteiger partial charge on any atom is 0.230 e. The van der Waals surface area contributed by atoms with Gasteiger partial charge in [0, 0.05) is 11.9 Å². The highest BCUT2D eigenvalue weighted by Gasteiger charge is 2.14. The molecule has 168 valence electrons. The number of nitrogens with one attached hydrogen (secondary N) is 2. The lowest BCUT2D eigenvalue weighted by atomic mass is 10.1. The van der Waals surface area contributed by atoms with Crippen LogP contribution >= 0.6 is 0 Å². The van der Waals surface area contributed by atoms with Crippen LogP contribution in [0.4, 0.5) is 5.95 Å². The molecule has 2 N–H and O–H groups in total. The summed E-state index contributed by atoms with van der Waals surface area (Å²) in [4.78, 5) is 16.1. The van der Waals surface area contributed by atoms with Crippen LogP contribution in [0.15, 0.2) is 41.4 Å². The van der Waals surface area contributed by atoms with Crippen molar-refractivity contribution in [3.63, 3.8) is 0 Å². The molecular weight excluding hydrogens is 404 g/mol. The van der Waals surface area contributed by atoms with E-state index in [4.69, 9.17) is 9.47 Å². The molecule has 2 aromatic carbocycles. The highest BCUT2D eigenvalue weighted by molar-refractivity contribution is 5.93. The molecule has 0 spiro atoms. The average molecular weight is 435 g/mol. The molecule has 0 bridgehead atoms. The maximum atomic E-state index is 5.39. The van der Waals surface area contributed by atoms with Crippen LogP contribution in [0.25, 0.3) is 10.9 Å². The van der Waals surface area contributed by atoms with Crippen LogP contribution in [0.2, 0.25) is 0 Å². The Morgan fingerprint density at radius 3 is 2.56 bits per heavy atom. The second-order valence-electron chi connectivity index (χ2n) is 7.78. The molecule has 1 aliphatic rings. The van der Waals surface area contributed by atoms with E-state index < -0.39 is 0 Å². The minimum atomic E-state index is 0.560. The molecule has 1 aliphatic heterocycles.